The Morgan fingerprint density at radius 3 is 2.50 bits per heavy atom. The topological polar surface area (TPSA) is 91.5 Å². The molecule has 2 unspecified atom stereocenters. The van der Waals surface area contributed by atoms with Crippen LogP contribution in [0.15, 0.2) is 40.8 Å². The largest absolute Gasteiger partial charge is 0.480 e. The Morgan fingerprint density at radius 2 is 1.95 bits per heavy atom. The molecule has 1 heterocycles. The van der Waals surface area contributed by atoms with E-state index in [0.717, 1.165) is 5.76 Å². The third-order valence-corrected chi connectivity index (χ3v) is 2.93. The van der Waals surface area contributed by atoms with Crippen LogP contribution in [0.5, 0.6) is 5.75 Å². The van der Waals surface area contributed by atoms with E-state index in [9.17, 15) is 4.79 Å². The van der Waals surface area contributed by atoms with E-state index in [1.165, 1.54) is 0 Å². The van der Waals surface area contributed by atoms with Crippen LogP contribution in [0.1, 0.15) is 34.9 Å². The average molecular weight is 274 g/mol. The van der Waals surface area contributed by atoms with E-state index in [0.29, 0.717) is 17.1 Å². The number of para-hydroxylation sites is 1. The SMILES string of the molecule is Cc1ccc(C(Oc2ccccc2C(N)=O)C(C)N)o1. The Labute approximate surface area is 117 Å². The van der Waals surface area contributed by atoms with Crippen molar-refractivity contribution in [3.8, 4) is 5.75 Å². The number of furan rings is 1. The molecule has 0 aliphatic rings. The maximum Gasteiger partial charge on any atom is 0.252 e. The van der Waals surface area contributed by atoms with Crippen molar-refractivity contribution in [2.75, 3.05) is 0 Å². The zero-order chi connectivity index (χ0) is 14.7. The van der Waals surface area contributed by atoms with E-state index in [-0.39, 0.29) is 6.04 Å². The maximum absolute atomic E-state index is 11.4. The number of carbonyl (C=O) groups excluding carboxylic acids is 1. The summed E-state index contributed by atoms with van der Waals surface area (Å²) in [6, 6.07) is 10.2. The lowest BCUT2D eigenvalue weighted by molar-refractivity contribution is 0.0986. The summed E-state index contributed by atoms with van der Waals surface area (Å²) in [5, 5.41) is 0. The van der Waals surface area contributed by atoms with Crippen LogP contribution in [-0.4, -0.2) is 11.9 Å². The fourth-order valence-electron chi connectivity index (χ4n) is 1.94. The van der Waals surface area contributed by atoms with E-state index in [1.807, 2.05) is 26.0 Å². The Balaban J connectivity index is 2.32. The molecule has 1 amide bonds. The minimum atomic E-state index is -0.542. The molecule has 20 heavy (non-hydrogen) atoms. The molecule has 1 aromatic heterocycles. The van der Waals surface area contributed by atoms with Crippen LogP contribution in [0.3, 0.4) is 0 Å². The first-order valence-corrected chi connectivity index (χ1v) is 6.36. The molecule has 2 rings (SSSR count). The molecule has 2 aromatic rings. The fourth-order valence-corrected chi connectivity index (χ4v) is 1.94. The van der Waals surface area contributed by atoms with Crippen LogP contribution >= 0.6 is 0 Å². The summed E-state index contributed by atoms with van der Waals surface area (Å²) in [5.74, 6) is 1.25. The molecule has 0 aliphatic carbocycles. The van der Waals surface area contributed by atoms with Gasteiger partial charge in [-0.1, -0.05) is 12.1 Å². The third kappa shape index (κ3) is 3.00. The molecule has 0 bridgehead atoms. The Hall–Kier alpha value is -2.27. The number of aryl methyl sites for hydroxylation is 1. The molecule has 0 fully saturated rings. The number of amides is 1. The van der Waals surface area contributed by atoms with E-state index < -0.39 is 12.0 Å². The van der Waals surface area contributed by atoms with Crippen molar-refractivity contribution in [2.24, 2.45) is 11.5 Å². The smallest absolute Gasteiger partial charge is 0.252 e. The molecular weight excluding hydrogens is 256 g/mol. The predicted octanol–water partition coefficient (Wildman–Crippen LogP) is 2.15. The summed E-state index contributed by atoms with van der Waals surface area (Å²) in [6.07, 6.45) is -0.482. The van der Waals surface area contributed by atoms with Gasteiger partial charge in [0.15, 0.2) is 6.10 Å². The van der Waals surface area contributed by atoms with E-state index in [1.54, 1.807) is 24.3 Å². The zero-order valence-electron chi connectivity index (χ0n) is 11.5. The third-order valence-electron chi connectivity index (χ3n) is 2.93. The van der Waals surface area contributed by atoms with Crippen LogP contribution < -0.4 is 16.2 Å². The van der Waals surface area contributed by atoms with Crippen molar-refractivity contribution in [3.63, 3.8) is 0 Å². The van der Waals surface area contributed by atoms with Gasteiger partial charge in [0.1, 0.15) is 17.3 Å². The average Bonchev–Trinajstić information content (AvgIpc) is 2.82. The molecule has 2 atom stereocenters. The molecule has 0 saturated carbocycles. The molecule has 0 spiro atoms. The highest BCUT2D eigenvalue weighted by Gasteiger charge is 2.23. The summed E-state index contributed by atoms with van der Waals surface area (Å²) in [7, 11) is 0. The number of ether oxygens (including phenoxy) is 1. The maximum atomic E-state index is 11.4. The normalized spacial score (nSPS) is 13.8. The van der Waals surface area contributed by atoms with Crippen LogP contribution in [0, 0.1) is 6.92 Å². The second kappa shape index (κ2) is 5.79. The fraction of sp³-hybridized carbons (Fsp3) is 0.267. The Morgan fingerprint density at radius 1 is 1.25 bits per heavy atom. The Bertz CT molecular complexity index is 605. The molecule has 5 heteroatoms. The van der Waals surface area contributed by atoms with Crippen molar-refractivity contribution >= 4 is 5.91 Å². The van der Waals surface area contributed by atoms with Gasteiger partial charge in [-0.15, -0.1) is 0 Å². The van der Waals surface area contributed by atoms with Crippen molar-refractivity contribution in [2.45, 2.75) is 26.0 Å². The molecule has 4 N–H and O–H groups in total. The predicted molar refractivity (Wildman–Crippen MR) is 75.4 cm³/mol. The second-order valence-electron chi connectivity index (χ2n) is 4.71. The molecule has 0 saturated heterocycles. The number of primary amides is 1. The molecule has 1 aromatic carbocycles. The standard InChI is InChI=1S/C15H18N2O3/c1-9-7-8-13(19-9)14(10(2)16)20-12-6-4-3-5-11(12)15(17)18/h3-8,10,14H,16H2,1-2H3,(H2,17,18). The summed E-state index contributed by atoms with van der Waals surface area (Å²) in [6.45, 7) is 3.66. The summed E-state index contributed by atoms with van der Waals surface area (Å²) in [4.78, 5) is 11.4. The summed E-state index contributed by atoms with van der Waals surface area (Å²) >= 11 is 0. The molecule has 0 radical (unpaired) electrons. The van der Waals surface area contributed by atoms with Gasteiger partial charge in [-0.05, 0) is 38.1 Å². The number of hydrogen-bond acceptors (Lipinski definition) is 4. The minimum Gasteiger partial charge on any atom is -0.480 e. The van der Waals surface area contributed by atoms with Crippen molar-refractivity contribution in [3.05, 3.63) is 53.5 Å². The van der Waals surface area contributed by atoms with Gasteiger partial charge < -0.3 is 20.6 Å². The van der Waals surface area contributed by atoms with Crippen LogP contribution in [-0.2, 0) is 0 Å². The number of rotatable bonds is 5. The highest BCUT2D eigenvalue weighted by molar-refractivity contribution is 5.95. The van der Waals surface area contributed by atoms with Crippen molar-refractivity contribution < 1.29 is 13.9 Å². The molecular formula is C15H18N2O3. The quantitative estimate of drug-likeness (QED) is 0.873. The lowest BCUT2D eigenvalue weighted by atomic mass is 10.1. The van der Waals surface area contributed by atoms with Crippen LogP contribution in [0.4, 0.5) is 0 Å². The highest BCUT2D eigenvalue weighted by atomic mass is 16.5. The monoisotopic (exact) mass is 274 g/mol. The van der Waals surface area contributed by atoms with Gasteiger partial charge in [-0.3, -0.25) is 4.79 Å². The summed E-state index contributed by atoms with van der Waals surface area (Å²) < 4.78 is 11.4. The van der Waals surface area contributed by atoms with E-state index in [4.69, 9.17) is 20.6 Å². The van der Waals surface area contributed by atoms with E-state index in [2.05, 4.69) is 0 Å². The van der Waals surface area contributed by atoms with Crippen LogP contribution in [0.25, 0.3) is 0 Å². The first-order valence-electron chi connectivity index (χ1n) is 6.36. The molecule has 0 aliphatic heterocycles. The number of benzene rings is 1. The van der Waals surface area contributed by atoms with Gasteiger partial charge in [-0.25, -0.2) is 0 Å². The summed E-state index contributed by atoms with van der Waals surface area (Å²) in [5.41, 5.74) is 11.6. The lowest BCUT2D eigenvalue weighted by Gasteiger charge is -2.21. The lowest BCUT2D eigenvalue weighted by Crippen LogP contribution is -2.29. The van der Waals surface area contributed by atoms with Gasteiger partial charge in [0.05, 0.1) is 5.56 Å². The van der Waals surface area contributed by atoms with Gasteiger partial charge in [0.25, 0.3) is 5.91 Å². The van der Waals surface area contributed by atoms with Crippen molar-refractivity contribution in [1.29, 1.82) is 0 Å². The van der Waals surface area contributed by atoms with Crippen molar-refractivity contribution in [1.82, 2.24) is 0 Å². The number of carbonyl (C=O) groups is 1. The molecule has 5 nitrogen and oxygen atoms in total. The molecule has 106 valence electrons. The van der Waals surface area contributed by atoms with Gasteiger partial charge in [0, 0.05) is 6.04 Å². The van der Waals surface area contributed by atoms with Crippen LogP contribution in [0.2, 0.25) is 0 Å². The van der Waals surface area contributed by atoms with Gasteiger partial charge >= 0.3 is 0 Å². The zero-order valence-corrected chi connectivity index (χ0v) is 11.5. The van der Waals surface area contributed by atoms with Gasteiger partial charge in [-0.2, -0.15) is 0 Å². The number of nitrogens with two attached hydrogens (primary N) is 2. The number of hydrogen-bond donors (Lipinski definition) is 2. The minimum absolute atomic E-state index is 0.304. The first kappa shape index (κ1) is 14.1. The van der Waals surface area contributed by atoms with E-state index >= 15 is 0 Å². The second-order valence-corrected chi connectivity index (χ2v) is 4.71. The Kier molecular flexibility index (Phi) is 4.10. The first-order chi connectivity index (χ1) is 9.49. The highest BCUT2D eigenvalue weighted by Crippen LogP contribution is 2.28. The van der Waals surface area contributed by atoms with Gasteiger partial charge in [0.2, 0.25) is 0 Å².